The molecule has 4 heteroatoms. The summed E-state index contributed by atoms with van der Waals surface area (Å²) in [6, 6.07) is 6.05. The Kier molecular flexibility index (Phi) is 2.68. The Hall–Kier alpha value is -1.42. The van der Waals surface area contributed by atoms with Gasteiger partial charge in [0.2, 0.25) is 5.91 Å². The topological polar surface area (TPSA) is 46.3 Å². The minimum Gasteiger partial charge on any atom is -0.280 e. The van der Waals surface area contributed by atoms with Crippen LogP contribution in [-0.2, 0) is 4.79 Å². The number of halogens is 1. The third-order valence-electron chi connectivity index (χ3n) is 2.75. The molecule has 1 unspecified atom stereocenters. The van der Waals surface area contributed by atoms with E-state index in [2.05, 4.69) is 0 Å². The van der Waals surface area contributed by atoms with Gasteiger partial charge in [0.1, 0.15) is 5.82 Å². The third-order valence-corrected chi connectivity index (χ3v) is 2.75. The van der Waals surface area contributed by atoms with Gasteiger partial charge in [-0.25, -0.2) is 10.2 Å². The number of amides is 1. The molecule has 1 heterocycles. The molecule has 1 aromatic rings. The predicted molar refractivity (Wildman–Crippen MR) is 54.3 cm³/mol. The number of hydrogen-bond acceptors (Lipinski definition) is 2. The van der Waals surface area contributed by atoms with E-state index in [1.54, 1.807) is 12.1 Å². The molecule has 80 valence electrons. The summed E-state index contributed by atoms with van der Waals surface area (Å²) in [5.41, 5.74) is 0.844. The van der Waals surface area contributed by atoms with E-state index >= 15 is 0 Å². The average Bonchev–Trinajstić information content (AvgIpc) is 2.24. The van der Waals surface area contributed by atoms with Crippen molar-refractivity contribution in [2.45, 2.75) is 18.8 Å². The Bertz CT molecular complexity index is 363. The number of rotatable bonds is 1. The molecule has 0 spiro atoms. The van der Waals surface area contributed by atoms with Crippen LogP contribution < -0.4 is 5.84 Å². The van der Waals surface area contributed by atoms with Crippen LogP contribution in [0.3, 0.4) is 0 Å². The molecule has 2 rings (SSSR count). The van der Waals surface area contributed by atoms with E-state index in [0.717, 1.165) is 18.4 Å². The fourth-order valence-corrected chi connectivity index (χ4v) is 1.90. The van der Waals surface area contributed by atoms with Gasteiger partial charge >= 0.3 is 0 Å². The van der Waals surface area contributed by atoms with Gasteiger partial charge in [-0.2, -0.15) is 0 Å². The lowest BCUT2D eigenvalue weighted by Gasteiger charge is -2.28. The second-order valence-corrected chi connectivity index (χ2v) is 3.78. The van der Waals surface area contributed by atoms with Crippen molar-refractivity contribution in [2.24, 2.45) is 5.84 Å². The van der Waals surface area contributed by atoms with Crippen LogP contribution in [0.1, 0.15) is 24.3 Å². The summed E-state index contributed by atoms with van der Waals surface area (Å²) in [7, 11) is 0. The normalized spacial score (nSPS) is 21.9. The van der Waals surface area contributed by atoms with E-state index in [1.165, 1.54) is 17.1 Å². The number of carbonyl (C=O) groups is 1. The highest BCUT2D eigenvalue weighted by molar-refractivity contribution is 5.83. The number of carbonyl (C=O) groups excluding carboxylic acids is 1. The molecule has 15 heavy (non-hydrogen) atoms. The van der Waals surface area contributed by atoms with Gasteiger partial charge in [-0.05, 0) is 30.5 Å². The number of nitrogens with two attached hydrogens (primary N) is 1. The lowest BCUT2D eigenvalue weighted by atomic mass is 9.90. The number of hydrogen-bond donors (Lipinski definition) is 1. The standard InChI is InChI=1S/C11H13FN2O/c12-9-5-3-8(4-6-9)10-2-1-7-14(13)11(10)15/h3-6,10H,1-2,7,13H2. The fraction of sp³-hybridized carbons (Fsp3) is 0.364. The van der Waals surface area contributed by atoms with Crippen molar-refractivity contribution in [1.82, 2.24) is 5.01 Å². The monoisotopic (exact) mass is 208 g/mol. The second kappa shape index (κ2) is 3.98. The van der Waals surface area contributed by atoms with Crippen LogP contribution in [-0.4, -0.2) is 17.5 Å². The number of piperidine rings is 1. The minimum absolute atomic E-state index is 0.0761. The molecule has 1 aliphatic rings. The zero-order valence-corrected chi connectivity index (χ0v) is 8.32. The summed E-state index contributed by atoms with van der Waals surface area (Å²) in [5, 5.41) is 1.25. The molecule has 1 aromatic carbocycles. The number of hydrazine groups is 1. The molecule has 0 aliphatic carbocycles. The Balaban J connectivity index is 2.22. The third kappa shape index (κ3) is 1.99. The van der Waals surface area contributed by atoms with Gasteiger partial charge < -0.3 is 0 Å². The predicted octanol–water partition coefficient (Wildman–Crippen LogP) is 1.41. The van der Waals surface area contributed by atoms with Gasteiger partial charge in [-0.15, -0.1) is 0 Å². The zero-order valence-electron chi connectivity index (χ0n) is 8.32. The van der Waals surface area contributed by atoms with Crippen LogP contribution in [0, 0.1) is 5.82 Å². The molecule has 1 saturated heterocycles. The second-order valence-electron chi connectivity index (χ2n) is 3.78. The fourth-order valence-electron chi connectivity index (χ4n) is 1.90. The van der Waals surface area contributed by atoms with Crippen LogP contribution in [0.25, 0.3) is 0 Å². The first kappa shape index (κ1) is 10.1. The van der Waals surface area contributed by atoms with E-state index in [-0.39, 0.29) is 17.6 Å². The SMILES string of the molecule is NN1CCCC(c2ccc(F)cc2)C1=O. The van der Waals surface area contributed by atoms with E-state index in [0.29, 0.717) is 6.54 Å². The Morgan fingerprint density at radius 2 is 2.00 bits per heavy atom. The summed E-state index contributed by atoms with van der Waals surface area (Å²) in [4.78, 5) is 11.7. The van der Waals surface area contributed by atoms with Crippen LogP contribution in [0.4, 0.5) is 4.39 Å². The number of benzene rings is 1. The largest absolute Gasteiger partial charge is 0.280 e. The molecule has 0 aromatic heterocycles. The highest BCUT2D eigenvalue weighted by Crippen LogP contribution is 2.26. The maximum atomic E-state index is 12.7. The van der Waals surface area contributed by atoms with Crippen molar-refractivity contribution in [1.29, 1.82) is 0 Å². The molecule has 1 atom stereocenters. The summed E-state index contributed by atoms with van der Waals surface area (Å²) in [6.07, 6.45) is 1.68. The van der Waals surface area contributed by atoms with E-state index in [4.69, 9.17) is 5.84 Å². The first-order chi connectivity index (χ1) is 7.18. The number of nitrogens with zero attached hydrogens (tertiary/aromatic N) is 1. The lowest BCUT2D eigenvalue weighted by Crippen LogP contribution is -2.44. The molecular formula is C11H13FN2O. The highest BCUT2D eigenvalue weighted by Gasteiger charge is 2.27. The minimum atomic E-state index is -0.286. The van der Waals surface area contributed by atoms with Gasteiger partial charge in [-0.1, -0.05) is 12.1 Å². The zero-order chi connectivity index (χ0) is 10.8. The summed E-state index contributed by atoms with van der Waals surface area (Å²) in [6.45, 7) is 0.608. The van der Waals surface area contributed by atoms with Crippen LogP contribution >= 0.6 is 0 Å². The summed E-state index contributed by atoms with van der Waals surface area (Å²) in [5.74, 6) is 4.98. The van der Waals surface area contributed by atoms with E-state index < -0.39 is 0 Å². The van der Waals surface area contributed by atoms with Gasteiger partial charge in [0.05, 0.1) is 5.92 Å². The lowest BCUT2D eigenvalue weighted by molar-refractivity contribution is -0.135. The first-order valence-electron chi connectivity index (χ1n) is 5.00. The van der Waals surface area contributed by atoms with Crippen molar-refractivity contribution >= 4 is 5.91 Å². The first-order valence-corrected chi connectivity index (χ1v) is 5.00. The molecule has 0 saturated carbocycles. The molecule has 1 aliphatic heterocycles. The van der Waals surface area contributed by atoms with Gasteiger partial charge in [0, 0.05) is 6.54 Å². The molecule has 2 N–H and O–H groups in total. The van der Waals surface area contributed by atoms with Crippen LogP contribution in [0.2, 0.25) is 0 Å². The Morgan fingerprint density at radius 1 is 1.33 bits per heavy atom. The Labute approximate surface area is 87.6 Å². The summed E-state index contributed by atoms with van der Waals surface area (Å²) < 4.78 is 12.7. The summed E-state index contributed by atoms with van der Waals surface area (Å²) >= 11 is 0. The van der Waals surface area contributed by atoms with Gasteiger partial charge in [0.25, 0.3) is 0 Å². The van der Waals surface area contributed by atoms with Gasteiger partial charge in [-0.3, -0.25) is 9.80 Å². The maximum Gasteiger partial charge on any atom is 0.243 e. The quantitative estimate of drug-likeness (QED) is 0.560. The van der Waals surface area contributed by atoms with Crippen LogP contribution in [0.15, 0.2) is 24.3 Å². The molecule has 1 fully saturated rings. The van der Waals surface area contributed by atoms with Crippen LogP contribution in [0.5, 0.6) is 0 Å². The van der Waals surface area contributed by atoms with Crippen molar-refractivity contribution < 1.29 is 9.18 Å². The average molecular weight is 208 g/mol. The van der Waals surface area contributed by atoms with Crippen molar-refractivity contribution in [2.75, 3.05) is 6.54 Å². The van der Waals surface area contributed by atoms with Crippen molar-refractivity contribution in [3.8, 4) is 0 Å². The highest BCUT2D eigenvalue weighted by atomic mass is 19.1. The van der Waals surface area contributed by atoms with E-state index in [1.807, 2.05) is 0 Å². The maximum absolute atomic E-state index is 12.7. The molecule has 0 bridgehead atoms. The van der Waals surface area contributed by atoms with Gasteiger partial charge in [0.15, 0.2) is 0 Å². The smallest absolute Gasteiger partial charge is 0.243 e. The van der Waals surface area contributed by atoms with E-state index in [9.17, 15) is 9.18 Å². The van der Waals surface area contributed by atoms with Crippen molar-refractivity contribution in [3.05, 3.63) is 35.6 Å². The Morgan fingerprint density at radius 3 is 2.67 bits per heavy atom. The molecule has 0 radical (unpaired) electrons. The molecular weight excluding hydrogens is 195 g/mol. The molecule has 3 nitrogen and oxygen atoms in total. The molecule has 1 amide bonds. The van der Waals surface area contributed by atoms with Crippen molar-refractivity contribution in [3.63, 3.8) is 0 Å².